The molecule has 0 radical (unpaired) electrons. The van der Waals surface area contributed by atoms with Gasteiger partial charge in [-0.2, -0.15) is 0 Å². The fraction of sp³-hybridized carbons (Fsp3) is 0.952. The summed E-state index contributed by atoms with van der Waals surface area (Å²) in [6.07, 6.45) is 43.7. The molecular formula is C42H84N3O+. The first kappa shape index (κ1) is 43.0. The molecule has 1 aliphatic heterocycles. The Morgan fingerprint density at radius 2 is 0.913 bits per heavy atom. The van der Waals surface area contributed by atoms with Gasteiger partial charge in [0.15, 0.2) is 0 Å². The van der Waals surface area contributed by atoms with E-state index in [1.54, 1.807) is 0 Å². The number of likely N-dealkylation sites (N-methyl/N-ethyl adjacent to an activating group) is 1. The van der Waals surface area contributed by atoms with Gasteiger partial charge in [0.1, 0.15) is 19.6 Å². The zero-order valence-electron chi connectivity index (χ0n) is 32.0. The van der Waals surface area contributed by atoms with Crippen molar-refractivity contribution in [1.82, 2.24) is 10.2 Å². The van der Waals surface area contributed by atoms with Gasteiger partial charge in [-0.1, -0.05) is 194 Å². The molecule has 0 bridgehead atoms. The number of hydrogen-bond acceptors (Lipinski definition) is 2. The highest BCUT2D eigenvalue weighted by Crippen LogP contribution is 2.16. The third kappa shape index (κ3) is 26.0. The van der Waals surface area contributed by atoms with E-state index in [0.29, 0.717) is 6.42 Å². The maximum atomic E-state index is 12.4. The molecule has 0 saturated heterocycles. The van der Waals surface area contributed by atoms with Gasteiger partial charge in [-0.15, -0.1) is 0 Å². The van der Waals surface area contributed by atoms with Crippen LogP contribution in [0.5, 0.6) is 0 Å². The molecule has 1 heterocycles. The molecule has 0 atom stereocenters. The molecule has 0 fully saturated rings. The minimum Gasteiger partial charge on any atom is -0.352 e. The van der Waals surface area contributed by atoms with Crippen LogP contribution in [0.15, 0.2) is 0 Å². The summed E-state index contributed by atoms with van der Waals surface area (Å²) in [4.78, 5) is 15.0. The third-order valence-electron chi connectivity index (χ3n) is 10.5. The molecule has 272 valence electrons. The molecule has 1 aliphatic rings. The van der Waals surface area contributed by atoms with Crippen LogP contribution in [0.4, 0.5) is 0 Å². The largest absolute Gasteiger partial charge is 0.352 e. The molecule has 0 aromatic carbocycles. The van der Waals surface area contributed by atoms with E-state index >= 15 is 0 Å². The second-order valence-electron chi connectivity index (χ2n) is 14.7. The van der Waals surface area contributed by atoms with Crippen LogP contribution in [0.1, 0.15) is 226 Å². The Morgan fingerprint density at radius 3 is 1.30 bits per heavy atom. The molecule has 1 amide bonds. The molecule has 0 aromatic heterocycles. The molecule has 0 aliphatic carbocycles. The standard InChI is InChI=1S/C42H83N3O/c1-4-7-9-11-13-15-17-19-21-23-25-27-29-31-33-35-41(46)43-37-38-45-40-39-44(6-3)42(45)36-34-32-30-28-26-24-22-20-18-16-14-12-10-8-5-2/h4-40H2,1-3H3/p+1. The first-order chi connectivity index (χ1) is 22.7. The fourth-order valence-corrected chi connectivity index (χ4v) is 7.33. The van der Waals surface area contributed by atoms with Gasteiger partial charge in [-0.25, -0.2) is 0 Å². The van der Waals surface area contributed by atoms with E-state index in [1.165, 1.54) is 198 Å². The lowest BCUT2D eigenvalue weighted by Crippen LogP contribution is -2.33. The van der Waals surface area contributed by atoms with Crippen molar-refractivity contribution in [2.45, 2.75) is 226 Å². The van der Waals surface area contributed by atoms with Crippen molar-refractivity contribution in [1.29, 1.82) is 0 Å². The summed E-state index contributed by atoms with van der Waals surface area (Å²) >= 11 is 0. The lowest BCUT2D eigenvalue weighted by atomic mass is 10.0. The lowest BCUT2D eigenvalue weighted by molar-refractivity contribution is -0.517. The van der Waals surface area contributed by atoms with E-state index in [2.05, 4.69) is 35.6 Å². The van der Waals surface area contributed by atoms with Crippen LogP contribution in [0.3, 0.4) is 0 Å². The smallest absolute Gasteiger partial charge is 0.247 e. The molecule has 4 heteroatoms. The number of hydrogen-bond donors (Lipinski definition) is 1. The summed E-state index contributed by atoms with van der Waals surface area (Å²) in [5, 5.41) is 3.22. The van der Waals surface area contributed by atoms with Gasteiger partial charge in [0.05, 0.1) is 13.1 Å². The number of unbranched alkanes of at least 4 members (excludes halogenated alkanes) is 28. The zero-order chi connectivity index (χ0) is 33.2. The number of amidine groups is 1. The lowest BCUT2D eigenvalue weighted by Gasteiger charge is -2.12. The topological polar surface area (TPSA) is 35.4 Å². The van der Waals surface area contributed by atoms with Gasteiger partial charge in [0, 0.05) is 12.8 Å². The van der Waals surface area contributed by atoms with Crippen molar-refractivity contribution < 1.29 is 9.37 Å². The van der Waals surface area contributed by atoms with E-state index in [-0.39, 0.29) is 5.91 Å². The predicted octanol–water partition coefficient (Wildman–Crippen LogP) is 12.4. The maximum Gasteiger partial charge on any atom is 0.247 e. The normalized spacial score (nSPS) is 13.3. The van der Waals surface area contributed by atoms with Crippen LogP contribution < -0.4 is 5.32 Å². The highest BCUT2D eigenvalue weighted by atomic mass is 16.1. The molecule has 0 unspecified atom stereocenters. The maximum absolute atomic E-state index is 12.4. The second kappa shape index (κ2) is 33.8. The average Bonchev–Trinajstić information content (AvgIpc) is 3.46. The van der Waals surface area contributed by atoms with E-state index in [0.717, 1.165) is 39.1 Å². The van der Waals surface area contributed by atoms with Gasteiger partial charge in [-0.05, 0) is 19.8 Å². The number of amides is 1. The first-order valence-electron chi connectivity index (χ1n) is 21.3. The zero-order valence-corrected chi connectivity index (χ0v) is 32.0. The minimum atomic E-state index is 0.255. The Hall–Kier alpha value is -1.06. The molecule has 0 spiro atoms. The summed E-state index contributed by atoms with van der Waals surface area (Å²) in [5.74, 6) is 1.79. The predicted molar refractivity (Wildman–Crippen MR) is 204 cm³/mol. The minimum absolute atomic E-state index is 0.255. The van der Waals surface area contributed by atoms with Gasteiger partial charge in [0.25, 0.3) is 0 Å². The van der Waals surface area contributed by atoms with Gasteiger partial charge in [0.2, 0.25) is 11.7 Å². The molecule has 0 aromatic rings. The van der Waals surface area contributed by atoms with Gasteiger partial charge >= 0.3 is 0 Å². The number of nitrogens with zero attached hydrogens (tertiary/aromatic N) is 2. The van der Waals surface area contributed by atoms with E-state index in [4.69, 9.17) is 0 Å². The van der Waals surface area contributed by atoms with E-state index in [1.807, 2.05) is 0 Å². The van der Waals surface area contributed by atoms with E-state index in [9.17, 15) is 4.79 Å². The number of nitrogens with one attached hydrogen (secondary N) is 1. The van der Waals surface area contributed by atoms with Crippen molar-refractivity contribution >= 4 is 11.7 Å². The van der Waals surface area contributed by atoms with Crippen LogP contribution in [0.25, 0.3) is 0 Å². The number of carbonyl (C=O) groups excluding carboxylic acids is 1. The highest BCUT2D eigenvalue weighted by molar-refractivity contribution is 5.78. The molecule has 1 N–H and O–H groups in total. The van der Waals surface area contributed by atoms with E-state index < -0.39 is 0 Å². The molecule has 46 heavy (non-hydrogen) atoms. The second-order valence-corrected chi connectivity index (χ2v) is 14.7. The van der Waals surface area contributed by atoms with Crippen LogP contribution in [0.2, 0.25) is 0 Å². The summed E-state index contributed by atoms with van der Waals surface area (Å²) < 4.78 is 2.56. The van der Waals surface area contributed by atoms with Crippen molar-refractivity contribution in [3.63, 3.8) is 0 Å². The van der Waals surface area contributed by atoms with Crippen LogP contribution >= 0.6 is 0 Å². The molecule has 4 nitrogen and oxygen atoms in total. The number of rotatable bonds is 36. The van der Waals surface area contributed by atoms with Gasteiger partial charge < -0.3 is 5.32 Å². The monoisotopic (exact) mass is 647 g/mol. The SMILES string of the molecule is CCCCCCCCCCCCCCCCCC(=O)NCC[N+]1=C(CCCCCCCCCCCCCCCCC)N(CC)CC1. The summed E-state index contributed by atoms with van der Waals surface area (Å²) in [5.41, 5.74) is 0. The Kier molecular flexibility index (Phi) is 31.6. The average molecular weight is 647 g/mol. The summed E-state index contributed by atoms with van der Waals surface area (Å²) in [6, 6.07) is 0. The Balaban J connectivity index is 1.98. The molecule has 0 saturated carbocycles. The molecule has 1 rings (SSSR count). The fourth-order valence-electron chi connectivity index (χ4n) is 7.33. The highest BCUT2D eigenvalue weighted by Gasteiger charge is 2.28. The van der Waals surface area contributed by atoms with Crippen LogP contribution in [0, 0.1) is 0 Å². The van der Waals surface area contributed by atoms with Crippen LogP contribution in [-0.4, -0.2) is 53.9 Å². The Labute approximate surface area is 289 Å². The number of carbonyl (C=O) groups is 1. The summed E-state index contributed by atoms with van der Waals surface area (Å²) in [6.45, 7) is 12.0. The van der Waals surface area contributed by atoms with Crippen molar-refractivity contribution in [2.75, 3.05) is 32.7 Å². The van der Waals surface area contributed by atoms with Crippen molar-refractivity contribution in [3.05, 3.63) is 0 Å². The van der Waals surface area contributed by atoms with Crippen molar-refractivity contribution in [2.24, 2.45) is 0 Å². The summed E-state index contributed by atoms with van der Waals surface area (Å²) in [7, 11) is 0. The van der Waals surface area contributed by atoms with Gasteiger partial charge in [-0.3, -0.25) is 14.3 Å². The Bertz CT molecular complexity index is 690. The van der Waals surface area contributed by atoms with Crippen LogP contribution in [-0.2, 0) is 4.79 Å². The molecular weight excluding hydrogens is 562 g/mol. The van der Waals surface area contributed by atoms with Crippen molar-refractivity contribution in [3.8, 4) is 0 Å². The third-order valence-corrected chi connectivity index (χ3v) is 10.5. The first-order valence-corrected chi connectivity index (χ1v) is 21.3. The Morgan fingerprint density at radius 1 is 0.543 bits per heavy atom. The quantitative estimate of drug-likeness (QED) is 0.0543.